The van der Waals surface area contributed by atoms with Gasteiger partial charge in [0, 0.05) is 30.1 Å². The van der Waals surface area contributed by atoms with Gasteiger partial charge in [0.1, 0.15) is 5.82 Å². The molecular formula is C20H17F2N5O. The Kier molecular flexibility index (Phi) is 4.18. The van der Waals surface area contributed by atoms with E-state index in [4.69, 9.17) is 0 Å². The van der Waals surface area contributed by atoms with Crippen LogP contribution in [0.3, 0.4) is 0 Å². The summed E-state index contributed by atoms with van der Waals surface area (Å²) in [5.74, 6) is -1.56. The van der Waals surface area contributed by atoms with Crippen molar-refractivity contribution in [2.24, 2.45) is 0 Å². The fraction of sp³-hybridized carbons (Fsp3) is 0.150. The van der Waals surface area contributed by atoms with E-state index < -0.39 is 17.3 Å². The number of nitrogens with zero attached hydrogens (tertiary/aromatic N) is 3. The number of aromatic amines is 1. The standard InChI is InChI=1S/C20H17F2N5O/c1-10-6-13(7-11(2)12(10)3)24-19-23-5-4-18(26-19)27-17-9-15(22)14(21)8-16(17)25-20(27)28/h4-9H,1-3H3,(H,25,28)(H,23,24,26). The molecule has 2 aromatic carbocycles. The fourth-order valence-electron chi connectivity index (χ4n) is 3.10. The normalized spacial score (nSPS) is 11.2. The molecule has 0 unspecified atom stereocenters. The molecule has 28 heavy (non-hydrogen) atoms. The Morgan fingerprint density at radius 3 is 2.43 bits per heavy atom. The van der Waals surface area contributed by atoms with Crippen LogP contribution < -0.4 is 11.0 Å². The SMILES string of the molecule is Cc1cc(Nc2nccc(-n3c(=O)[nH]c4cc(F)c(F)cc43)n2)cc(C)c1C. The minimum atomic E-state index is -1.04. The number of aromatic nitrogens is 4. The van der Waals surface area contributed by atoms with Gasteiger partial charge in [0.05, 0.1) is 11.0 Å². The van der Waals surface area contributed by atoms with Crippen molar-refractivity contribution in [1.29, 1.82) is 0 Å². The molecule has 0 aliphatic rings. The number of benzene rings is 2. The number of hydrogen-bond acceptors (Lipinski definition) is 4. The molecule has 0 amide bonds. The van der Waals surface area contributed by atoms with E-state index in [0.717, 1.165) is 28.9 Å². The van der Waals surface area contributed by atoms with Crippen LogP contribution in [-0.4, -0.2) is 19.5 Å². The zero-order valence-corrected chi connectivity index (χ0v) is 15.5. The Balaban J connectivity index is 1.78. The van der Waals surface area contributed by atoms with Crippen LogP contribution in [0.15, 0.2) is 41.3 Å². The lowest BCUT2D eigenvalue weighted by Gasteiger charge is -2.11. The molecule has 2 heterocycles. The highest BCUT2D eigenvalue weighted by Gasteiger charge is 2.14. The first-order chi connectivity index (χ1) is 13.3. The molecule has 0 bridgehead atoms. The maximum absolute atomic E-state index is 13.7. The third kappa shape index (κ3) is 3.02. The molecule has 2 aromatic heterocycles. The molecule has 0 saturated carbocycles. The average molecular weight is 381 g/mol. The van der Waals surface area contributed by atoms with E-state index >= 15 is 0 Å². The van der Waals surface area contributed by atoms with Gasteiger partial charge in [0.15, 0.2) is 11.6 Å². The monoisotopic (exact) mass is 381 g/mol. The molecule has 6 nitrogen and oxygen atoms in total. The second-order valence-electron chi connectivity index (χ2n) is 6.65. The van der Waals surface area contributed by atoms with Crippen molar-refractivity contribution in [3.63, 3.8) is 0 Å². The molecular weight excluding hydrogens is 364 g/mol. The van der Waals surface area contributed by atoms with Gasteiger partial charge in [-0.05, 0) is 49.6 Å². The lowest BCUT2D eigenvalue weighted by Crippen LogP contribution is -2.16. The number of fused-ring (bicyclic) bond motifs is 1. The first-order valence-corrected chi connectivity index (χ1v) is 8.61. The average Bonchev–Trinajstić information content (AvgIpc) is 2.95. The molecule has 0 aliphatic carbocycles. The largest absolute Gasteiger partial charge is 0.332 e. The number of nitrogens with one attached hydrogen (secondary N) is 2. The van der Waals surface area contributed by atoms with E-state index in [0.29, 0.717) is 0 Å². The Morgan fingerprint density at radius 1 is 1.04 bits per heavy atom. The van der Waals surface area contributed by atoms with Crippen molar-refractivity contribution >= 4 is 22.7 Å². The van der Waals surface area contributed by atoms with Gasteiger partial charge in [-0.15, -0.1) is 0 Å². The van der Waals surface area contributed by atoms with Gasteiger partial charge in [-0.2, -0.15) is 4.98 Å². The van der Waals surface area contributed by atoms with E-state index in [1.54, 1.807) is 0 Å². The van der Waals surface area contributed by atoms with Crippen LogP contribution >= 0.6 is 0 Å². The van der Waals surface area contributed by atoms with Crippen LogP contribution in [0.5, 0.6) is 0 Å². The Morgan fingerprint density at radius 2 is 1.71 bits per heavy atom. The minimum Gasteiger partial charge on any atom is -0.324 e. The highest BCUT2D eigenvalue weighted by molar-refractivity contribution is 5.77. The molecule has 0 atom stereocenters. The molecule has 4 rings (SSSR count). The molecule has 142 valence electrons. The second-order valence-corrected chi connectivity index (χ2v) is 6.65. The predicted molar refractivity (Wildman–Crippen MR) is 103 cm³/mol. The van der Waals surface area contributed by atoms with Gasteiger partial charge < -0.3 is 10.3 Å². The number of H-pyrrole nitrogens is 1. The van der Waals surface area contributed by atoms with Crippen LogP contribution in [0.25, 0.3) is 16.9 Å². The van der Waals surface area contributed by atoms with Crippen molar-refractivity contribution in [2.45, 2.75) is 20.8 Å². The summed E-state index contributed by atoms with van der Waals surface area (Å²) < 4.78 is 28.3. The molecule has 0 fully saturated rings. The minimum absolute atomic E-state index is 0.182. The summed E-state index contributed by atoms with van der Waals surface area (Å²) in [6.07, 6.45) is 1.49. The first-order valence-electron chi connectivity index (χ1n) is 8.61. The van der Waals surface area contributed by atoms with Gasteiger partial charge in [-0.1, -0.05) is 0 Å². The van der Waals surface area contributed by atoms with Crippen LogP contribution in [0.4, 0.5) is 20.4 Å². The summed E-state index contributed by atoms with van der Waals surface area (Å²) in [4.78, 5) is 23.4. The Bertz CT molecular complexity index is 1250. The lowest BCUT2D eigenvalue weighted by atomic mass is 10.0. The third-order valence-corrected chi connectivity index (χ3v) is 4.78. The van der Waals surface area contributed by atoms with Crippen molar-refractivity contribution < 1.29 is 8.78 Å². The zero-order chi connectivity index (χ0) is 20.0. The second kappa shape index (κ2) is 6.56. The van der Waals surface area contributed by atoms with Gasteiger partial charge in [0.2, 0.25) is 5.95 Å². The number of rotatable bonds is 3. The third-order valence-electron chi connectivity index (χ3n) is 4.78. The Labute approximate surface area is 158 Å². The van der Waals surface area contributed by atoms with Gasteiger partial charge in [-0.25, -0.2) is 23.1 Å². The number of imidazole rings is 1. The van der Waals surface area contributed by atoms with Crippen LogP contribution in [0, 0.1) is 32.4 Å². The maximum atomic E-state index is 13.7. The van der Waals surface area contributed by atoms with Crippen molar-refractivity contribution in [3.05, 3.63) is 75.3 Å². The summed E-state index contributed by atoms with van der Waals surface area (Å²) in [6.45, 7) is 6.09. The van der Waals surface area contributed by atoms with Gasteiger partial charge in [0.25, 0.3) is 0 Å². The quantitative estimate of drug-likeness (QED) is 0.561. The topological polar surface area (TPSA) is 75.6 Å². The van der Waals surface area contributed by atoms with E-state index in [-0.39, 0.29) is 22.8 Å². The van der Waals surface area contributed by atoms with Crippen LogP contribution in [0.2, 0.25) is 0 Å². The van der Waals surface area contributed by atoms with E-state index in [9.17, 15) is 13.6 Å². The van der Waals surface area contributed by atoms with Crippen molar-refractivity contribution in [2.75, 3.05) is 5.32 Å². The number of hydrogen-bond donors (Lipinski definition) is 2. The van der Waals surface area contributed by atoms with Gasteiger partial charge >= 0.3 is 5.69 Å². The highest BCUT2D eigenvalue weighted by Crippen LogP contribution is 2.22. The molecule has 0 spiro atoms. The number of aryl methyl sites for hydroxylation is 2. The van der Waals surface area contributed by atoms with E-state index in [2.05, 4.69) is 27.2 Å². The summed E-state index contributed by atoms with van der Waals surface area (Å²) >= 11 is 0. The smallest absolute Gasteiger partial charge is 0.324 e. The summed E-state index contributed by atoms with van der Waals surface area (Å²) in [7, 11) is 0. The van der Waals surface area contributed by atoms with Crippen molar-refractivity contribution in [1.82, 2.24) is 19.5 Å². The van der Waals surface area contributed by atoms with E-state index in [1.807, 2.05) is 26.0 Å². The molecule has 2 N–H and O–H groups in total. The van der Waals surface area contributed by atoms with Crippen LogP contribution in [0.1, 0.15) is 16.7 Å². The van der Waals surface area contributed by atoms with Crippen molar-refractivity contribution in [3.8, 4) is 5.82 Å². The predicted octanol–water partition coefficient (Wildman–Crippen LogP) is 4.06. The molecule has 0 saturated heterocycles. The maximum Gasteiger partial charge on any atom is 0.332 e. The fourth-order valence-corrected chi connectivity index (χ4v) is 3.10. The zero-order valence-electron chi connectivity index (χ0n) is 15.5. The molecule has 0 radical (unpaired) electrons. The highest BCUT2D eigenvalue weighted by atomic mass is 19.2. The summed E-state index contributed by atoms with van der Waals surface area (Å²) in [5.41, 5.74) is 4.11. The molecule has 4 aromatic rings. The summed E-state index contributed by atoms with van der Waals surface area (Å²) in [6, 6.07) is 7.39. The molecule has 8 heteroatoms. The molecule has 0 aliphatic heterocycles. The number of anilines is 2. The van der Waals surface area contributed by atoms with Crippen LogP contribution in [-0.2, 0) is 0 Å². The van der Waals surface area contributed by atoms with Gasteiger partial charge in [-0.3, -0.25) is 0 Å². The van der Waals surface area contributed by atoms with E-state index in [1.165, 1.54) is 22.4 Å². The lowest BCUT2D eigenvalue weighted by molar-refractivity contribution is 0.510. The summed E-state index contributed by atoms with van der Waals surface area (Å²) in [5, 5.41) is 3.12. The Hall–Kier alpha value is -3.55. The first kappa shape index (κ1) is 17.8. The number of halogens is 2.